The molecule has 0 radical (unpaired) electrons. The molecule has 0 saturated carbocycles. The molecule has 1 aliphatic rings. The second kappa shape index (κ2) is 10.7. The molecule has 3 aromatic rings. The van der Waals surface area contributed by atoms with Crippen molar-refractivity contribution in [3.05, 3.63) is 59.2 Å². The van der Waals surface area contributed by atoms with E-state index in [1.807, 2.05) is 6.07 Å². The number of anilines is 6. The van der Waals surface area contributed by atoms with Gasteiger partial charge >= 0.3 is 0 Å². The number of para-hydroxylation sites is 2. The van der Waals surface area contributed by atoms with Gasteiger partial charge in [-0.3, -0.25) is 9.62 Å². The zero-order valence-electron chi connectivity index (χ0n) is 20.0. The van der Waals surface area contributed by atoms with Crippen molar-refractivity contribution in [3.8, 4) is 0 Å². The summed E-state index contributed by atoms with van der Waals surface area (Å²) in [6.07, 6.45) is 2.61. The summed E-state index contributed by atoms with van der Waals surface area (Å²) < 4.78 is 25.9. The van der Waals surface area contributed by atoms with E-state index in [0.717, 1.165) is 44.7 Å². The van der Waals surface area contributed by atoms with Crippen molar-refractivity contribution < 1.29 is 8.42 Å². The van der Waals surface area contributed by atoms with Gasteiger partial charge in [0.1, 0.15) is 5.02 Å². The standard InChI is InChI=1S/C24H30ClN7O2S/c1-4-31-12-13-32(5-2)22-14-18(11-10-17(22)16-31)27-24-26-15-19(25)23(29-24)28-20-8-6-7-9-21(20)30-35(3,33)34/h6-11,14-15,30H,4-5,12-13,16H2,1-3H3,(H2,26,27,28,29). The summed E-state index contributed by atoms with van der Waals surface area (Å²) in [6.45, 7) is 9.25. The van der Waals surface area contributed by atoms with Crippen LogP contribution >= 0.6 is 11.6 Å². The fourth-order valence-electron chi connectivity index (χ4n) is 4.02. The van der Waals surface area contributed by atoms with E-state index in [4.69, 9.17) is 11.6 Å². The van der Waals surface area contributed by atoms with E-state index in [2.05, 4.69) is 61.1 Å². The molecule has 3 N–H and O–H groups in total. The van der Waals surface area contributed by atoms with Crippen LogP contribution < -0.4 is 20.3 Å². The number of aromatic nitrogens is 2. The number of rotatable bonds is 8. The maximum Gasteiger partial charge on any atom is 0.229 e. The molecule has 0 amide bonds. The van der Waals surface area contributed by atoms with Gasteiger partial charge in [0, 0.05) is 37.6 Å². The quantitative estimate of drug-likeness (QED) is 0.398. The summed E-state index contributed by atoms with van der Waals surface area (Å²) in [5.74, 6) is 0.729. The molecule has 2 aromatic carbocycles. The number of benzene rings is 2. The molecule has 186 valence electrons. The van der Waals surface area contributed by atoms with Crippen molar-refractivity contribution in [2.24, 2.45) is 0 Å². The van der Waals surface area contributed by atoms with Gasteiger partial charge in [-0.15, -0.1) is 0 Å². The molecule has 11 heteroatoms. The van der Waals surface area contributed by atoms with E-state index >= 15 is 0 Å². The van der Waals surface area contributed by atoms with Crippen molar-refractivity contribution in [1.82, 2.24) is 14.9 Å². The molecule has 0 fully saturated rings. The fourth-order valence-corrected chi connectivity index (χ4v) is 4.74. The molecule has 0 aliphatic carbocycles. The Kier molecular flexibility index (Phi) is 7.63. The minimum atomic E-state index is -3.45. The van der Waals surface area contributed by atoms with Crippen LogP contribution in [0.15, 0.2) is 48.7 Å². The first-order valence-electron chi connectivity index (χ1n) is 11.5. The van der Waals surface area contributed by atoms with Crippen LogP contribution in [0.4, 0.5) is 34.5 Å². The third kappa shape index (κ3) is 6.33. The van der Waals surface area contributed by atoms with Crippen LogP contribution in [0.1, 0.15) is 19.4 Å². The molecule has 4 rings (SSSR count). The van der Waals surface area contributed by atoms with Crippen LogP contribution in [0, 0.1) is 0 Å². The van der Waals surface area contributed by atoms with Crippen molar-refractivity contribution in [2.45, 2.75) is 20.4 Å². The lowest BCUT2D eigenvalue weighted by Crippen LogP contribution is -2.31. The largest absolute Gasteiger partial charge is 0.370 e. The second-order valence-corrected chi connectivity index (χ2v) is 10.5. The number of nitrogens with one attached hydrogen (secondary N) is 3. The van der Waals surface area contributed by atoms with Gasteiger partial charge in [0.15, 0.2) is 5.82 Å². The topological polar surface area (TPSA) is 102 Å². The summed E-state index contributed by atoms with van der Waals surface area (Å²) in [6, 6.07) is 13.2. The zero-order valence-corrected chi connectivity index (χ0v) is 21.6. The lowest BCUT2D eigenvalue weighted by molar-refractivity contribution is 0.293. The van der Waals surface area contributed by atoms with Gasteiger partial charge in [0.2, 0.25) is 16.0 Å². The number of likely N-dealkylation sites (N-methyl/N-ethyl adjacent to an activating group) is 2. The lowest BCUT2D eigenvalue weighted by Gasteiger charge is -2.23. The SMILES string of the molecule is CCN1CCN(CC)c2cc(Nc3ncc(Cl)c(Nc4ccccc4NS(C)(=O)=O)n3)ccc2C1. The third-order valence-corrected chi connectivity index (χ3v) is 6.68. The fraction of sp³-hybridized carbons (Fsp3) is 0.333. The molecular weight excluding hydrogens is 486 g/mol. The molecule has 0 bridgehead atoms. The maximum atomic E-state index is 11.7. The Balaban J connectivity index is 1.58. The van der Waals surface area contributed by atoms with Crippen LogP contribution in [0.2, 0.25) is 5.02 Å². The molecule has 0 saturated heterocycles. The van der Waals surface area contributed by atoms with E-state index in [9.17, 15) is 8.42 Å². The Labute approximate surface area is 211 Å². The first-order chi connectivity index (χ1) is 16.8. The second-order valence-electron chi connectivity index (χ2n) is 8.35. The number of hydrogen-bond acceptors (Lipinski definition) is 8. The Morgan fingerprint density at radius 3 is 2.51 bits per heavy atom. The van der Waals surface area contributed by atoms with Crippen molar-refractivity contribution in [3.63, 3.8) is 0 Å². The maximum absolute atomic E-state index is 11.7. The molecule has 0 unspecified atom stereocenters. The smallest absolute Gasteiger partial charge is 0.229 e. The number of hydrogen-bond donors (Lipinski definition) is 3. The van der Waals surface area contributed by atoms with Gasteiger partial charge in [0.05, 0.1) is 23.8 Å². The van der Waals surface area contributed by atoms with Gasteiger partial charge in [0.25, 0.3) is 0 Å². The minimum absolute atomic E-state index is 0.309. The Morgan fingerprint density at radius 2 is 1.80 bits per heavy atom. The average molecular weight is 516 g/mol. The number of nitrogens with zero attached hydrogens (tertiary/aromatic N) is 4. The highest BCUT2D eigenvalue weighted by Gasteiger charge is 2.19. The summed E-state index contributed by atoms with van der Waals surface area (Å²) in [7, 11) is -3.45. The van der Waals surface area contributed by atoms with E-state index in [0.29, 0.717) is 28.2 Å². The van der Waals surface area contributed by atoms with Crippen LogP contribution in [0.5, 0.6) is 0 Å². The van der Waals surface area contributed by atoms with Crippen molar-refractivity contribution in [2.75, 3.05) is 52.7 Å². The summed E-state index contributed by atoms with van der Waals surface area (Å²) in [5, 5.41) is 6.70. The molecule has 1 aliphatic heterocycles. The normalized spacial score (nSPS) is 14.2. The van der Waals surface area contributed by atoms with Crippen molar-refractivity contribution >= 4 is 56.1 Å². The molecule has 9 nitrogen and oxygen atoms in total. The van der Waals surface area contributed by atoms with Crippen molar-refractivity contribution in [1.29, 1.82) is 0 Å². The predicted octanol–water partition coefficient (Wildman–Crippen LogP) is 4.65. The molecule has 1 aromatic heterocycles. The zero-order chi connectivity index (χ0) is 25.0. The molecular formula is C24H30ClN7O2S. The Bertz CT molecular complexity index is 1300. The number of sulfonamides is 1. The first-order valence-corrected chi connectivity index (χ1v) is 13.8. The highest BCUT2D eigenvalue weighted by molar-refractivity contribution is 7.92. The summed E-state index contributed by atoms with van der Waals surface area (Å²) in [4.78, 5) is 13.7. The van der Waals surface area contributed by atoms with Crippen LogP contribution in [-0.2, 0) is 16.6 Å². The van der Waals surface area contributed by atoms with Crippen LogP contribution in [0.25, 0.3) is 0 Å². The predicted molar refractivity (Wildman–Crippen MR) is 144 cm³/mol. The van der Waals surface area contributed by atoms with E-state index < -0.39 is 10.0 Å². The molecule has 0 spiro atoms. The average Bonchev–Trinajstić information content (AvgIpc) is 3.00. The van der Waals surface area contributed by atoms with E-state index in [1.54, 1.807) is 24.3 Å². The Hall–Kier alpha value is -3.08. The number of halogens is 1. The minimum Gasteiger partial charge on any atom is -0.370 e. The van der Waals surface area contributed by atoms with Crippen LogP contribution in [-0.4, -0.2) is 55.7 Å². The van der Waals surface area contributed by atoms with Crippen LogP contribution in [0.3, 0.4) is 0 Å². The van der Waals surface area contributed by atoms with Gasteiger partial charge in [-0.1, -0.05) is 36.7 Å². The summed E-state index contributed by atoms with van der Waals surface area (Å²) >= 11 is 6.35. The molecule has 2 heterocycles. The summed E-state index contributed by atoms with van der Waals surface area (Å²) in [5.41, 5.74) is 4.30. The monoisotopic (exact) mass is 515 g/mol. The Morgan fingerprint density at radius 1 is 1.03 bits per heavy atom. The lowest BCUT2D eigenvalue weighted by atomic mass is 10.1. The highest BCUT2D eigenvalue weighted by Crippen LogP contribution is 2.32. The highest BCUT2D eigenvalue weighted by atomic mass is 35.5. The van der Waals surface area contributed by atoms with E-state index in [1.165, 1.54) is 17.4 Å². The van der Waals surface area contributed by atoms with Gasteiger partial charge in [-0.25, -0.2) is 13.4 Å². The third-order valence-electron chi connectivity index (χ3n) is 5.81. The van der Waals surface area contributed by atoms with Gasteiger partial charge in [-0.05, 0) is 43.3 Å². The molecule has 35 heavy (non-hydrogen) atoms. The number of fused-ring (bicyclic) bond motifs is 1. The first kappa shape index (κ1) is 25.0. The van der Waals surface area contributed by atoms with Gasteiger partial charge in [-0.2, -0.15) is 4.98 Å². The van der Waals surface area contributed by atoms with E-state index in [-0.39, 0.29) is 0 Å². The van der Waals surface area contributed by atoms with Gasteiger partial charge < -0.3 is 15.5 Å². The molecule has 0 atom stereocenters.